The van der Waals surface area contributed by atoms with Gasteiger partial charge in [0, 0.05) is 55.2 Å². The first kappa shape index (κ1) is 17.2. The van der Waals surface area contributed by atoms with Crippen LogP contribution >= 0.6 is 0 Å². The van der Waals surface area contributed by atoms with Gasteiger partial charge in [-0.05, 0) is 39.7 Å². The molecule has 1 saturated heterocycles. The van der Waals surface area contributed by atoms with Crippen LogP contribution in [0.4, 0.5) is 0 Å². The van der Waals surface area contributed by atoms with Crippen molar-refractivity contribution < 1.29 is 9.84 Å². The maximum atomic E-state index is 12.1. The molecule has 1 aliphatic rings. The van der Waals surface area contributed by atoms with Crippen molar-refractivity contribution in [2.45, 2.75) is 39.7 Å². The lowest BCUT2D eigenvalue weighted by Gasteiger charge is -2.42. The standard InChI is InChI=1S/C17H28N2O3/c1-13-9-18-15(14(2)16(13)21)10-19-7-4-5-17(11-19,12-20)6-8-22-3/h9,20H,4-8,10-12H2,1-3H3,(H,18,21)/t17-/m0/s1. The number of aliphatic hydroxyl groups excluding tert-OH is 1. The summed E-state index contributed by atoms with van der Waals surface area (Å²) in [6, 6.07) is 0. The highest BCUT2D eigenvalue weighted by Crippen LogP contribution is 2.33. The third-order valence-electron chi connectivity index (χ3n) is 4.91. The number of hydrogen-bond donors (Lipinski definition) is 2. The van der Waals surface area contributed by atoms with Crippen molar-refractivity contribution in [1.82, 2.24) is 9.88 Å². The minimum absolute atomic E-state index is 0.0762. The Balaban J connectivity index is 2.10. The number of aromatic amines is 1. The molecule has 0 unspecified atom stereocenters. The minimum atomic E-state index is -0.0762. The Morgan fingerprint density at radius 2 is 2.23 bits per heavy atom. The Morgan fingerprint density at radius 3 is 2.91 bits per heavy atom. The second-order valence-corrected chi connectivity index (χ2v) is 6.62. The molecule has 5 heteroatoms. The maximum Gasteiger partial charge on any atom is 0.187 e. The van der Waals surface area contributed by atoms with Crippen molar-refractivity contribution in [3.63, 3.8) is 0 Å². The molecule has 1 fully saturated rings. The van der Waals surface area contributed by atoms with E-state index in [2.05, 4.69) is 9.88 Å². The molecule has 1 aromatic rings. The molecule has 2 heterocycles. The zero-order valence-electron chi connectivity index (χ0n) is 13.9. The van der Waals surface area contributed by atoms with Gasteiger partial charge in [-0.25, -0.2) is 0 Å². The number of hydrogen-bond acceptors (Lipinski definition) is 4. The number of likely N-dealkylation sites (tertiary alicyclic amines) is 1. The number of nitrogens with zero attached hydrogens (tertiary/aromatic N) is 1. The van der Waals surface area contributed by atoms with Crippen molar-refractivity contribution in [2.75, 3.05) is 33.4 Å². The van der Waals surface area contributed by atoms with E-state index in [9.17, 15) is 9.90 Å². The first-order chi connectivity index (χ1) is 10.5. The molecule has 5 nitrogen and oxygen atoms in total. The van der Waals surface area contributed by atoms with E-state index in [-0.39, 0.29) is 17.5 Å². The van der Waals surface area contributed by atoms with Crippen molar-refractivity contribution in [3.05, 3.63) is 33.2 Å². The SMILES string of the molecule is COCC[C@@]1(CO)CCCN(Cc2[nH]cc(C)c(=O)c2C)C1. The van der Waals surface area contributed by atoms with Crippen molar-refractivity contribution in [1.29, 1.82) is 0 Å². The Morgan fingerprint density at radius 1 is 1.45 bits per heavy atom. The second kappa shape index (κ2) is 7.40. The molecule has 1 atom stereocenters. The number of ether oxygens (including phenoxy) is 1. The van der Waals surface area contributed by atoms with E-state index >= 15 is 0 Å². The summed E-state index contributed by atoms with van der Waals surface area (Å²) in [4.78, 5) is 17.6. The molecule has 2 N–H and O–H groups in total. The summed E-state index contributed by atoms with van der Waals surface area (Å²) in [7, 11) is 1.70. The van der Waals surface area contributed by atoms with Crippen LogP contribution in [0.25, 0.3) is 0 Å². The minimum Gasteiger partial charge on any atom is -0.396 e. The Labute approximate surface area is 132 Å². The third-order valence-corrected chi connectivity index (χ3v) is 4.91. The van der Waals surface area contributed by atoms with Gasteiger partial charge in [0.2, 0.25) is 0 Å². The number of pyridine rings is 1. The Kier molecular flexibility index (Phi) is 5.78. The summed E-state index contributed by atoms with van der Waals surface area (Å²) in [5.74, 6) is 0. The zero-order chi connectivity index (χ0) is 16.2. The zero-order valence-corrected chi connectivity index (χ0v) is 13.9. The Hall–Kier alpha value is -1.17. The largest absolute Gasteiger partial charge is 0.396 e. The van der Waals surface area contributed by atoms with Crippen molar-refractivity contribution in [3.8, 4) is 0 Å². The van der Waals surface area contributed by atoms with Crippen LogP contribution in [-0.2, 0) is 11.3 Å². The van der Waals surface area contributed by atoms with Gasteiger partial charge >= 0.3 is 0 Å². The first-order valence-electron chi connectivity index (χ1n) is 8.01. The fourth-order valence-corrected chi connectivity index (χ4v) is 3.37. The lowest BCUT2D eigenvalue weighted by molar-refractivity contribution is 0.00431. The van der Waals surface area contributed by atoms with Crippen LogP contribution in [-0.4, -0.2) is 48.4 Å². The molecule has 0 spiro atoms. The van der Waals surface area contributed by atoms with E-state index in [1.807, 2.05) is 13.8 Å². The van der Waals surface area contributed by atoms with Crippen LogP contribution in [0.2, 0.25) is 0 Å². The Bertz CT molecular complexity index is 555. The van der Waals surface area contributed by atoms with Gasteiger partial charge in [-0.15, -0.1) is 0 Å². The summed E-state index contributed by atoms with van der Waals surface area (Å²) >= 11 is 0. The lowest BCUT2D eigenvalue weighted by Crippen LogP contribution is -2.45. The average Bonchev–Trinajstić information content (AvgIpc) is 2.54. The topological polar surface area (TPSA) is 65.6 Å². The van der Waals surface area contributed by atoms with Gasteiger partial charge < -0.3 is 14.8 Å². The van der Waals surface area contributed by atoms with Crippen LogP contribution in [0, 0.1) is 19.3 Å². The van der Waals surface area contributed by atoms with Crippen LogP contribution < -0.4 is 5.43 Å². The maximum absolute atomic E-state index is 12.1. The van der Waals surface area contributed by atoms with E-state index in [1.54, 1.807) is 13.3 Å². The molecule has 0 aromatic carbocycles. The highest BCUT2D eigenvalue weighted by Gasteiger charge is 2.34. The van der Waals surface area contributed by atoms with Gasteiger partial charge in [0.05, 0.1) is 6.61 Å². The number of H-pyrrole nitrogens is 1. The monoisotopic (exact) mass is 308 g/mol. The number of piperidine rings is 1. The summed E-state index contributed by atoms with van der Waals surface area (Å²) < 4.78 is 5.20. The predicted octanol–water partition coefficient (Wildman–Crippen LogP) is 1.60. The highest BCUT2D eigenvalue weighted by atomic mass is 16.5. The molecular formula is C17H28N2O3. The quantitative estimate of drug-likeness (QED) is 0.838. The van der Waals surface area contributed by atoms with E-state index in [1.165, 1.54) is 0 Å². The van der Waals surface area contributed by atoms with E-state index in [0.717, 1.165) is 55.7 Å². The molecule has 0 aliphatic carbocycles. The van der Waals surface area contributed by atoms with Crippen LogP contribution in [0.15, 0.2) is 11.0 Å². The van der Waals surface area contributed by atoms with E-state index < -0.39 is 0 Å². The van der Waals surface area contributed by atoms with Crippen LogP contribution in [0.5, 0.6) is 0 Å². The van der Waals surface area contributed by atoms with Gasteiger partial charge in [-0.3, -0.25) is 9.69 Å². The van der Waals surface area contributed by atoms with Gasteiger partial charge in [0.15, 0.2) is 5.43 Å². The van der Waals surface area contributed by atoms with Gasteiger partial charge in [0.25, 0.3) is 0 Å². The number of nitrogens with one attached hydrogen (secondary N) is 1. The molecular weight excluding hydrogens is 280 g/mol. The average molecular weight is 308 g/mol. The number of rotatable bonds is 6. The molecule has 22 heavy (non-hydrogen) atoms. The predicted molar refractivity (Wildman–Crippen MR) is 87.1 cm³/mol. The summed E-state index contributed by atoms with van der Waals surface area (Å²) in [5, 5.41) is 9.85. The molecule has 1 aromatic heterocycles. The third kappa shape index (κ3) is 3.77. The molecule has 124 valence electrons. The summed E-state index contributed by atoms with van der Waals surface area (Å²) in [6.45, 7) is 7.17. The van der Waals surface area contributed by atoms with E-state index in [0.29, 0.717) is 6.61 Å². The highest BCUT2D eigenvalue weighted by molar-refractivity contribution is 5.23. The fraction of sp³-hybridized carbons (Fsp3) is 0.706. The first-order valence-corrected chi connectivity index (χ1v) is 8.01. The summed E-state index contributed by atoms with van der Waals surface area (Å²) in [5.41, 5.74) is 2.59. The fourth-order valence-electron chi connectivity index (χ4n) is 3.37. The molecule has 0 bridgehead atoms. The van der Waals surface area contributed by atoms with Crippen LogP contribution in [0.3, 0.4) is 0 Å². The summed E-state index contributed by atoms with van der Waals surface area (Å²) in [6.07, 6.45) is 4.77. The molecule has 1 aliphatic heterocycles. The normalized spacial score (nSPS) is 22.9. The van der Waals surface area contributed by atoms with Crippen molar-refractivity contribution in [2.24, 2.45) is 5.41 Å². The molecule has 0 saturated carbocycles. The molecule has 0 radical (unpaired) electrons. The van der Waals surface area contributed by atoms with Gasteiger partial charge in [0.1, 0.15) is 0 Å². The number of aliphatic hydroxyl groups is 1. The van der Waals surface area contributed by atoms with Gasteiger partial charge in [-0.1, -0.05) is 0 Å². The lowest BCUT2D eigenvalue weighted by atomic mass is 9.78. The molecule has 0 amide bonds. The number of methoxy groups -OCH3 is 1. The van der Waals surface area contributed by atoms with Crippen molar-refractivity contribution >= 4 is 0 Å². The van der Waals surface area contributed by atoms with Crippen LogP contribution in [0.1, 0.15) is 36.1 Å². The van der Waals surface area contributed by atoms with Gasteiger partial charge in [-0.2, -0.15) is 0 Å². The smallest absolute Gasteiger partial charge is 0.187 e. The molecule has 2 rings (SSSR count). The second-order valence-electron chi connectivity index (χ2n) is 6.62. The number of aryl methyl sites for hydroxylation is 1. The van der Waals surface area contributed by atoms with E-state index in [4.69, 9.17) is 4.74 Å². The number of aromatic nitrogens is 1.